The van der Waals surface area contributed by atoms with E-state index in [0.29, 0.717) is 17.4 Å². The zero-order chi connectivity index (χ0) is 15.8. The summed E-state index contributed by atoms with van der Waals surface area (Å²) in [4.78, 5) is 20.7. The van der Waals surface area contributed by atoms with Gasteiger partial charge in [-0.05, 0) is 18.6 Å². The predicted molar refractivity (Wildman–Crippen MR) is 91.4 cm³/mol. The molecule has 1 aliphatic rings. The van der Waals surface area contributed by atoms with Gasteiger partial charge >= 0.3 is 0 Å². The number of anilines is 1. The lowest BCUT2D eigenvalue weighted by Crippen LogP contribution is -2.49. The lowest BCUT2D eigenvalue weighted by molar-refractivity contribution is -0.131. The van der Waals surface area contributed by atoms with Crippen LogP contribution in [0.4, 0.5) is 5.82 Å². The highest BCUT2D eigenvalue weighted by atomic mass is 35.5. The molecular formula is C17H26ClN3O. The fraction of sp³-hybridized carbons (Fsp3) is 0.647. The van der Waals surface area contributed by atoms with Crippen LogP contribution in [0.5, 0.6) is 0 Å². The van der Waals surface area contributed by atoms with E-state index in [0.717, 1.165) is 38.4 Å². The van der Waals surface area contributed by atoms with Gasteiger partial charge in [-0.1, -0.05) is 44.2 Å². The standard InChI is InChI=1S/C17H26ClN3O/c1-2-3-4-5-6-9-16(22)20-11-13-21(14-12-20)17-15(18)8-7-10-19-17/h7-8,10H,2-6,9,11-14H2,1H3. The Bertz CT molecular complexity index is 473. The monoisotopic (exact) mass is 323 g/mol. The minimum Gasteiger partial charge on any atom is -0.352 e. The number of unbranched alkanes of at least 4 members (excludes halogenated alkanes) is 4. The number of halogens is 1. The predicted octanol–water partition coefficient (Wildman–Crippen LogP) is 3.74. The number of carbonyl (C=O) groups is 1. The Balaban J connectivity index is 1.72. The van der Waals surface area contributed by atoms with E-state index in [1.807, 2.05) is 17.0 Å². The fourth-order valence-corrected chi connectivity index (χ4v) is 3.06. The SMILES string of the molecule is CCCCCCCC(=O)N1CCN(c2ncccc2Cl)CC1. The third-order valence-corrected chi connectivity index (χ3v) is 4.46. The zero-order valence-corrected chi connectivity index (χ0v) is 14.2. The lowest BCUT2D eigenvalue weighted by atomic mass is 10.1. The second-order valence-corrected chi connectivity index (χ2v) is 6.25. The van der Waals surface area contributed by atoms with Crippen LogP contribution < -0.4 is 4.90 Å². The molecule has 5 heteroatoms. The molecule has 0 aliphatic carbocycles. The number of carbonyl (C=O) groups excluding carboxylic acids is 1. The van der Waals surface area contributed by atoms with Crippen molar-refractivity contribution in [1.82, 2.24) is 9.88 Å². The highest BCUT2D eigenvalue weighted by molar-refractivity contribution is 6.32. The molecule has 0 bridgehead atoms. The van der Waals surface area contributed by atoms with Crippen LogP contribution in [-0.4, -0.2) is 42.0 Å². The summed E-state index contributed by atoms with van der Waals surface area (Å²) in [5.41, 5.74) is 0. The van der Waals surface area contributed by atoms with Crippen molar-refractivity contribution in [1.29, 1.82) is 0 Å². The van der Waals surface area contributed by atoms with E-state index in [4.69, 9.17) is 11.6 Å². The van der Waals surface area contributed by atoms with Gasteiger partial charge in [0.2, 0.25) is 5.91 Å². The first-order valence-electron chi connectivity index (χ1n) is 8.35. The van der Waals surface area contributed by atoms with Gasteiger partial charge in [0.05, 0.1) is 5.02 Å². The molecule has 0 aromatic carbocycles. The minimum atomic E-state index is 0.295. The summed E-state index contributed by atoms with van der Waals surface area (Å²) in [6.45, 7) is 5.34. The van der Waals surface area contributed by atoms with Gasteiger partial charge in [0.15, 0.2) is 0 Å². The second kappa shape index (κ2) is 8.99. The van der Waals surface area contributed by atoms with Crippen molar-refractivity contribution in [3.8, 4) is 0 Å². The van der Waals surface area contributed by atoms with Crippen LogP contribution in [0.3, 0.4) is 0 Å². The Morgan fingerprint density at radius 1 is 1.18 bits per heavy atom. The van der Waals surface area contributed by atoms with E-state index in [9.17, 15) is 4.79 Å². The van der Waals surface area contributed by atoms with Crippen molar-refractivity contribution < 1.29 is 4.79 Å². The summed E-state index contributed by atoms with van der Waals surface area (Å²) >= 11 is 6.18. The number of rotatable bonds is 7. The number of nitrogens with zero attached hydrogens (tertiary/aromatic N) is 3. The van der Waals surface area contributed by atoms with Crippen molar-refractivity contribution in [3.05, 3.63) is 23.4 Å². The number of hydrogen-bond acceptors (Lipinski definition) is 3. The van der Waals surface area contributed by atoms with Gasteiger partial charge in [0.25, 0.3) is 0 Å². The van der Waals surface area contributed by atoms with Crippen molar-refractivity contribution in [2.45, 2.75) is 45.4 Å². The van der Waals surface area contributed by atoms with E-state index >= 15 is 0 Å². The van der Waals surface area contributed by atoms with Crippen LogP contribution in [0.25, 0.3) is 0 Å². The average molecular weight is 324 g/mol. The van der Waals surface area contributed by atoms with Gasteiger partial charge in [-0.25, -0.2) is 4.98 Å². The van der Waals surface area contributed by atoms with Crippen molar-refractivity contribution in [3.63, 3.8) is 0 Å². The van der Waals surface area contributed by atoms with Gasteiger partial charge in [0.1, 0.15) is 5.82 Å². The summed E-state index contributed by atoms with van der Waals surface area (Å²) in [6.07, 6.45) is 8.40. The Morgan fingerprint density at radius 2 is 1.91 bits per heavy atom. The molecule has 0 saturated carbocycles. The number of hydrogen-bond donors (Lipinski definition) is 0. The molecule has 22 heavy (non-hydrogen) atoms. The average Bonchev–Trinajstić information content (AvgIpc) is 2.55. The lowest BCUT2D eigenvalue weighted by Gasteiger charge is -2.35. The third-order valence-electron chi connectivity index (χ3n) is 4.17. The Hall–Kier alpha value is -1.29. The van der Waals surface area contributed by atoms with Gasteiger partial charge in [-0.15, -0.1) is 0 Å². The number of piperazine rings is 1. The van der Waals surface area contributed by atoms with E-state index in [2.05, 4.69) is 16.8 Å². The van der Waals surface area contributed by atoms with E-state index in [1.165, 1.54) is 25.7 Å². The van der Waals surface area contributed by atoms with Crippen LogP contribution in [0.1, 0.15) is 45.4 Å². The van der Waals surface area contributed by atoms with Crippen LogP contribution >= 0.6 is 11.6 Å². The van der Waals surface area contributed by atoms with E-state index < -0.39 is 0 Å². The molecule has 0 atom stereocenters. The number of amides is 1. The van der Waals surface area contributed by atoms with E-state index in [1.54, 1.807) is 6.20 Å². The third kappa shape index (κ3) is 4.87. The molecular weight excluding hydrogens is 298 g/mol. The largest absolute Gasteiger partial charge is 0.352 e. The molecule has 4 nitrogen and oxygen atoms in total. The van der Waals surface area contributed by atoms with Crippen LogP contribution in [0, 0.1) is 0 Å². The number of pyridine rings is 1. The summed E-state index contributed by atoms with van der Waals surface area (Å²) in [7, 11) is 0. The molecule has 0 spiro atoms. The molecule has 1 fully saturated rings. The van der Waals surface area contributed by atoms with Crippen molar-refractivity contribution in [2.24, 2.45) is 0 Å². The molecule has 0 unspecified atom stereocenters. The zero-order valence-electron chi connectivity index (χ0n) is 13.4. The quantitative estimate of drug-likeness (QED) is 0.717. The van der Waals surface area contributed by atoms with Crippen molar-refractivity contribution >= 4 is 23.3 Å². The molecule has 1 aliphatic heterocycles. The fourth-order valence-electron chi connectivity index (χ4n) is 2.82. The first-order chi connectivity index (χ1) is 10.7. The molecule has 2 rings (SSSR count). The van der Waals surface area contributed by atoms with Gasteiger partial charge < -0.3 is 9.80 Å². The molecule has 122 valence electrons. The summed E-state index contributed by atoms with van der Waals surface area (Å²) in [5, 5.41) is 0.679. The topological polar surface area (TPSA) is 36.4 Å². The maximum absolute atomic E-state index is 12.2. The van der Waals surface area contributed by atoms with Gasteiger partial charge in [-0.3, -0.25) is 4.79 Å². The first kappa shape index (κ1) is 17.1. The van der Waals surface area contributed by atoms with E-state index in [-0.39, 0.29) is 0 Å². The second-order valence-electron chi connectivity index (χ2n) is 5.84. The minimum absolute atomic E-state index is 0.295. The molecule has 1 saturated heterocycles. The van der Waals surface area contributed by atoms with Crippen molar-refractivity contribution in [2.75, 3.05) is 31.1 Å². The normalized spacial score (nSPS) is 15.2. The van der Waals surface area contributed by atoms with Crippen LogP contribution in [0.2, 0.25) is 5.02 Å². The Labute approximate surface area is 138 Å². The van der Waals surface area contributed by atoms with Gasteiger partial charge in [-0.2, -0.15) is 0 Å². The summed E-state index contributed by atoms with van der Waals surface area (Å²) < 4.78 is 0. The summed E-state index contributed by atoms with van der Waals surface area (Å²) in [6, 6.07) is 3.70. The Kier molecular flexibility index (Phi) is 6.97. The smallest absolute Gasteiger partial charge is 0.222 e. The highest BCUT2D eigenvalue weighted by Crippen LogP contribution is 2.23. The molecule has 1 aromatic rings. The molecule has 2 heterocycles. The first-order valence-corrected chi connectivity index (χ1v) is 8.73. The maximum Gasteiger partial charge on any atom is 0.222 e. The molecule has 1 amide bonds. The van der Waals surface area contributed by atoms with Gasteiger partial charge in [0, 0.05) is 38.8 Å². The van der Waals surface area contributed by atoms with Crippen LogP contribution in [0.15, 0.2) is 18.3 Å². The molecule has 0 radical (unpaired) electrons. The Morgan fingerprint density at radius 3 is 2.59 bits per heavy atom. The number of aromatic nitrogens is 1. The van der Waals surface area contributed by atoms with Crippen LogP contribution in [-0.2, 0) is 4.79 Å². The molecule has 1 aromatic heterocycles. The molecule has 0 N–H and O–H groups in total. The maximum atomic E-state index is 12.2. The highest BCUT2D eigenvalue weighted by Gasteiger charge is 2.22. The summed E-state index contributed by atoms with van der Waals surface area (Å²) in [5.74, 6) is 1.12.